The van der Waals surface area contributed by atoms with Crippen LogP contribution in [0.1, 0.15) is 13.3 Å². The molecule has 0 aliphatic carbocycles. The van der Waals surface area contributed by atoms with Crippen LogP contribution in [0.5, 0.6) is 5.75 Å². The van der Waals surface area contributed by atoms with Crippen molar-refractivity contribution in [3.63, 3.8) is 0 Å². The number of halogens is 1. The highest BCUT2D eigenvalue weighted by atomic mass is 127. The number of rotatable bonds is 7. The number of aromatic nitrogens is 2. The van der Waals surface area contributed by atoms with Crippen LogP contribution in [0.15, 0.2) is 48.0 Å². The molecule has 8 heteroatoms. The fraction of sp³-hybridized carbons (Fsp3) is 0.500. The number of piperazine rings is 1. The predicted octanol–water partition coefficient (Wildman–Crippen LogP) is 2.69. The Labute approximate surface area is 184 Å². The molecular formula is C20H31IN6O. The number of para-hydroxylation sites is 2. The molecule has 2 aromatic rings. The summed E-state index contributed by atoms with van der Waals surface area (Å²) in [5.41, 5.74) is 1.17. The van der Waals surface area contributed by atoms with Gasteiger partial charge in [0, 0.05) is 58.2 Å². The Hall–Kier alpha value is -1.97. The first-order valence-electron chi connectivity index (χ1n) is 9.68. The van der Waals surface area contributed by atoms with Gasteiger partial charge in [0.1, 0.15) is 5.75 Å². The quantitative estimate of drug-likeness (QED) is 0.276. The van der Waals surface area contributed by atoms with E-state index in [1.54, 1.807) is 7.11 Å². The molecule has 2 heterocycles. The van der Waals surface area contributed by atoms with Gasteiger partial charge in [-0.05, 0) is 25.5 Å². The van der Waals surface area contributed by atoms with Gasteiger partial charge in [0.25, 0.3) is 0 Å². The van der Waals surface area contributed by atoms with E-state index in [0.29, 0.717) is 0 Å². The lowest BCUT2D eigenvalue weighted by atomic mass is 10.2. The number of nitrogens with zero attached hydrogens (tertiary/aromatic N) is 5. The van der Waals surface area contributed by atoms with Gasteiger partial charge in [0.2, 0.25) is 0 Å². The number of benzene rings is 1. The fourth-order valence-electron chi connectivity index (χ4n) is 3.33. The first-order valence-corrected chi connectivity index (χ1v) is 9.68. The number of hydrogen-bond acceptors (Lipinski definition) is 4. The second-order valence-electron chi connectivity index (χ2n) is 6.54. The zero-order valence-electron chi connectivity index (χ0n) is 16.8. The molecule has 0 bridgehead atoms. The Balaban J connectivity index is 0.00000280. The Bertz CT molecular complexity index is 713. The minimum Gasteiger partial charge on any atom is -0.495 e. The summed E-state index contributed by atoms with van der Waals surface area (Å²) in [6.07, 6.45) is 6.67. The molecule has 0 unspecified atom stereocenters. The summed E-state index contributed by atoms with van der Waals surface area (Å²) in [4.78, 5) is 13.6. The Kier molecular flexibility index (Phi) is 9.39. The molecule has 28 heavy (non-hydrogen) atoms. The normalized spacial score (nSPS) is 14.6. The molecule has 7 nitrogen and oxygen atoms in total. The van der Waals surface area contributed by atoms with Crippen LogP contribution in [0.25, 0.3) is 0 Å². The van der Waals surface area contributed by atoms with Gasteiger partial charge in [-0.15, -0.1) is 24.0 Å². The number of imidazole rings is 1. The van der Waals surface area contributed by atoms with E-state index in [1.807, 2.05) is 30.9 Å². The van der Waals surface area contributed by atoms with Gasteiger partial charge in [-0.2, -0.15) is 0 Å². The van der Waals surface area contributed by atoms with Crippen LogP contribution < -0.4 is 15.0 Å². The van der Waals surface area contributed by atoms with Crippen LogP contribution in [0.4, 0.5) is 5.69 Å². The molecule has 3 rings (SSSR count). The third-order valence-electron chi connectivity index (χ3n) is 4.74. The van der Waals surface area contributed by atoms with Gasteiger partial charge >= 0.3 is 0 Å². The number of ether oxygens (including phenoxy) is 1. The first-order chi connectivity index (χ1) is 13.3. The minimum absolute atomic E-state index is 0. The maximum Gasteiger partial charge on any atom is 0.194 e. The lowest BCUT2D eigenvalue weighted by Crippen LogP contribution is -2.52. The van der Waals surface area contributed by atoms with Crippen LogP contribution in [0.2, 0.25) is 0 Å². The summed E-state index contributed by atoms with van der Waals surface area (Å²) < 4.78 is 7.60. The van der Waals surface area contributed by atoms with Crippen LogP contribution in [0, 0.1) is 0 Å². The van der Waals surface area contributed by atoms with E-state index in [0.717, 1.165) is 63.9 Å². The van der Waals surface area contributed by atoms with E-state index in [4.69, 9.17) is 9.73 Å². The summed E-state index contributed by atoms with van der Waals surface area (Å²) in [6.45, 7) is 8.58. The maximum atomic E-state index is 5.51. The Morgan fingerprint density at radius 1 is 1.21 bits per heavy atom. The number of hydrogen-bond donors (Lipinski definition) is 1. The molecule has 0 saturated carbocycles. The van der Waals surface area contributed by atoms with Crippen molar-refractivity contribution in [2.75, 3.05) is 51.3 Å². The van der Waals surface area contributed by atoms with Crippen molar-refractivity contribution in [2.24, 2.45) is 4.99 Å². The highest BCUT2D eigenvalue weighted by Crippen LogP contribution is 2.28. The number of aryl methyl sites for hydroxylation is 1. The monoisotopic (exact) mass is 498 g/mol. The number of anilines is 1. The van der Waals surface area contributed by atoms with Gasteiger partial charge in [-0.3, -0.25) is 4.99 Å². The molecule has 154 valence electrons. The molecule has 1 aromatic carbocycles. The van der Waals surface area contributed by atoms with Crippen LogP contribution in [-0.2, 0) is 6.54 Å². The summed E-state index contributed by atoms with van der Waals surface area (Å²) >= 11 is 0. The van der Waals surface area contributed by atoms with E-state index in [9.17, 15) is 0 Å². The molecule has 0 radical (unpaired) electrons. The number of methoxy groups -OCH3 is 1. The molecular weight excluding hydrogens is 467 g/mol. The van der Waals surface area contributed by atoms with Crippen molar-refractivity contribution >= 4 is 35.6 Å². The SMILES string of the molecule is CCNC(=NCCCn1ccnc1)N1CCN(c2ccccc2OC)CC1.I. The van der Waals surface area contributed by atoms with Crippen LogP contribution in [-0.4, -0.2) is 66.8 Å². The van der Waals surface area contributed by atoms with Crippen molar-refractivity contribution in [3.05, 3.63) is 43.0 Å². The second kappa shape index (κ2) is 11.8. The van der Waals surface area contributed by atoms with Crippen molar-refractivity contribution in [1.82, 2.24) is 19.8 Å². The largest absolute Gasteiger partial charge is 0.495 e. The van der Waals surface area contributed by atoms with E-state index in [2.05, 4.69) is 43.7 Å². The van der Waals surface area contributed by atoms with Gasteiger partial charge < -0.3 is 24.4 Å². The fourth-order valence-corrected chi connectivity index (χ4v) is 3.33. The standard InChI is InChI=1S/C20H30N6O.HI/c1-3-22-20(23-9-6-11-24-12-10-21-17-24)26-15-13-25(14-16-26)18-7-4-5-8-19(18)27-2;/h4-5,7-8,10,12,17H,3,6,9,11,13-16H2,1-2H3,(H,22,23);1H. The maximum absolute atomic E-state index is 5.51. The molecule has 1 N–H and O–H groups in total. The van der Waals surface area contributed by atoms with E-state index < -0.39 is 0 Å². The molecule has 1 saturated heterocycles. The van der Waals surface area contributed by atoms with Gasteiger partial charge in [0.15, 0.2) is 5.96 Å². The summed E-state index contributed by atoms with van der Waals surface area (Å²) in [5, 5.41) is 3.44. The zero-order chi connectivity index (χ0) is 18.9. The average Bonchev–Trinajstić information content (AvgIpc) is 3.24. The molecule has 1 aliphatic heterocycles. The third kappa shape index (κ3) is 6.02. The third-order valence-corrected chi connectivity index (χ3v) is 4.74. The van der Waals surface area contributed by atoms with E-state index in [1.165, 1.54) is 5.69 Å². The molecule has 1 aliphatic rings. The molecule has 0 spiro atoms. The van der Waals surface area contributed by atoms with Gasteiger partial charge in [-0.1, -0.05) is 12.1 Å². The van der Waals surface area contributed by atoms with E-state index >= 15 is 0 Å². The van der Waals surface area contributed by atoms with Crippen molar-refractivity contribution in [2.45, 2.75) is 19.9 Å². The highest BCUT2D eigenvalue weighted by Gasteiger charge is 2.21. The second-order valence-corrected chi connectivity index (χ2v) is 6.54. The average molecular weight is 498 g/mol. The van der Waals surface area contributed by atoms with Gasteiger partial charge in [0.05, 0.1) is 19.1 Å². The number of guanidine groups is 1. The Morgan fingerprint density at radius 2 is 2.00 bits per heavy atom. The smallest absolute Gasteiger partial charge is 0.194 e. The summed E-state index contributed by atoms with van der Waals surface area (Å²) in [6, 6.07) is 8.23. The molecule has 0 atom stereocenters. The van der Waals surface area contributed by atoms with Crippen molar-refractivity contribution in [3.8, 4) is 5.75 Å². The zero-order valence-corrected chi connectivity index (χ0v) is 19.1. The minimum atomic E-state index is 0. The van der Waals surface area contributed by atoms with Crippen LogP contribution in [0.3, 0.4) is 0 Å². The topological polar surface area (TPSA) is 57.9 Å². The van der Waals surface area contributed by atoms with Crippen LogP contribution >= 0.6 is 24.0 Å². The number of nitrogens with one attached hydrogen (secondary N) is 1. The summed E-state index contributed by atoms with van der Waals surface area (Å²) in [5.74, 6) is 1.95. The predicted molar refractivity (Wildman–Crippen MR) is 125 cm³/mol. The Morgan fingerprint density at radius 3 is 2.68 bits per heavy atom. The van der Waals surface area contributed by atoms with E-state index in [-0.39, 0.29) is 24.0 Å². The lowest BCUT2D eigenvalue weighted by molar-refractivity contribution is 0.367. The lowest BCUT2D eigenvalue weighted by Gasteiger charge is -2.38. The summed E-state index contributed by atoms with van der Waals surface area (Å²) in [7, 11) is 1.73. The van der Waals surface area contributed by atoms with Gasteiger partial charge in [-0.25, -0.2) is 4.98 Å². The van der Waals surface area contributed by atoms with Crippen molar-refractivity contribution < 1.29 is 4.74 Å². The molecule has 1 fully saturated rings. The first kappa shape index (κ1) is 22.3. The highest BCUT2D eigenvalue weighted by molar-refractivity contribution is 14.0. The molecule has 1 aromatic heterocycles. The van der Waals surface area contributed by atoms with Crippen molar-refractivity contribution in [1.29, 1.82) is 0 Å². The molecule has 0 amide bonds. The number of aliphatic imine (C=N–C) groups is 1.